The Morgan fingerprint density at radius 3 is 2.68 bits per heavy atom. The molecule has 5 nitrogen and oxygen atoms in total. The summed E-state index contributed by atoms with van der Waals surface area (Å²) in [6.45, 7) is 8.73. The molecule has 0 bridgehead atoms. The highest BCUT2D eigenvalue weighted by molar-refractivity contribution is 7.09. The molecule has 0 aromatic carbocycles. The molecule has 124 valence electrons. The van der Waals surface area contributed by atoms with Crippen LogP contribution in [0.3, 0.4) is 0 Å². The Labute approximate surface area is 136 Å². The van der Waals surface area contributed by atoms with Crippen molar-refractivity contribution in [1.29, 1.82) is 0 Å². The number of β-amino-alcohol motifs (C(OH)–C–C–N with tert-alkyl or cyclic N) is 1. The molecule has 6 heteroatoms. The second kappa shape index (κ2) is 6.53. The van der Waals surface area contributed by atoms with E-state index >= 15 is 0 Å². The molecule has 1 aromatic heterocycles. The zero-order chi connectivity index (χ0) is 15.7. The summed E-state index contributed by atoms with van der Waals surface area (Å²) >= 11 is 1.63. The van der Waals surface area contributed by atoms with Gasteiger partial charge in [0.2, 0.25) is 0 Å². The van der Waals surface area contributed by atoms with Crippen molar-refractivity contribution in [2.75, 3.05) is 26.2 Å². The largest absolute Gasteiger partial charge is 0.392 e. The number of nitrogens with zero attached hydrogens (tertiary/aromatic N) is 3. The highest BCUT2D eigenvalue weighted by Crippen LogP contribution is 2.34. The average Bonchev–Trinajstić information content (AvgIpc) is 3.09. The molecular formula is C16H27N3O2S. The lowest BCUT2D eigenvalue weighted by Gasteiger charge is -2.39. The van der Waals surface area contributed by atoms with Crippen LogP contribution in [0.4, 0.5) is 0 Å². The maximum atomic E-state index is 10.9. The van der Waals surface area contributed by atoms with Gasteiger partial charge in [0.1, 0.15) is 10.6 Å². The number of aromatic nitrogens is 1. The van der Waals surface area contributed by atoms with Crippen LogP contribution in [0, 0.1) is 0 Å². The smallest absolute Gasteiger partial charge is 0.110 e. The quantitative estimate of drug-likeness (QED) is 0.876. The van der Waals surface area contributed by atoms with Crippen molar-refractivity contribution in [1.82, 2.24) is 14.8 Å². The summed E-state index contributed by atoms with van der Waals surface area (Å²) in [5.74, 6) is 0. The van der Waals surface area contributed by atoms with Gasteiger partial charge in [0.15, 0.2) is 0 Å². The molecule has 0 radical (unpaired) electrons. The molecule has 1 atom stereocenters. The Kier molecular flexibility index (Phi) is 4.85. The Morgan fingerprint density at radius 2 is 2.09 bits per heavy atom. The summed E-state index contributed by atoms with van der Waals surface area (Å²) in [5.41, 5.74) is 0.0839. The highest BCUT2D eigenvalue weighted by atomic mass is 32.1. The molecule has 3 rings (SSSR count). The predicted molar refractivity (Wildman–Crippen MR) is 87.9 cm³/mol. The van der Waals surface area contributed by atoms with E-state index in [9.17, 15) is 10.2 Å². The average molecular weight is 325 g/mol. The minimum absolute atomic E-state index is 0.191. The van der Waals surface area contributed by atoms with Gasteiger partial charge in [-0.15, -0.1) is 11.3 Å². The molecule has 0 amide bonds. The molecule has 2 aliphatic rings. The lowest BCUT2D eigenvalue weighted by Crippen LogP contribution is -2.45. The fourth-order valence-electron chi connectivity index (χ4n) is 3.41. The fraction of sp³-hybridized carbons (Fsp3) is 0.812. The number of thiazole rings is 1. The molecule has 2 fully saturated rings. The first-order valence-electron chi connectivity index (χ1n) is 8.28. The van der Waals surface area contributed by atoms with E-state index < -0.39 is 5.60 Å². The highest BCUT2D eigenvalue weighted by Gasteiger charge is 2.36. The normalized spacial score (nSPS) is 26.9. The first kappa shape index (κ1) is 16.3. The van der Waals surface area contributed by atoms with E-state index in [4.69, 9.17) is 4.98 Å². The minimum atomic E-state index is -0.759. The number of hydrogen-bond acceptors (Lipinski definition) is 6. The van der Waals surface area contributed by atoms with Crippen LogP contribution in [0.5, 0.6) is 0 Å². The summed E-state index contributed by atoms with van der Waals surface area (Å²) in [5, 5.41) is 23.6. The summed E-state index contributed by atoms with van der Waals surface area (Å²) in [6, 6.07) is 0.539. The molecular weight excluding hydrogens is 298 g/mol. The van der Waals surface area contributed by atoms with Crippen LogP contribution in [0.25, 0.3) is 0 Å². The maximum absolute atomic E-state index is 10.9. The molecule has 1 aromatic rings. The van der Waals surface area contributed by atoms with Gasteiger partial charge in [-0.2, -0.15) is 0 Å². The lowest BCUT2D eigenvalue weighted by molar-refractivity contribution is -0.0353. The fourth-order valence-corrected chi connectivity index (χ4v) is 4.34. The number of aliphatic hydroxyl groups is 2. The van der Waals surface area contributed by atoms with Crippen molar-refractivity contribution in [3.05, 3.63) is 16.1 Å². The van der Waals surface area contributed by atoms with Crippen LogP contribution >= 0.6 is 11.3 Å². The van der Waals surface area contributed by atoms with Crippen LogP contribution < -0.4 is 0 Å². The van der Waals surface area contributed by atoms with Gasteiger partial charge in [-0.05, 0) is 33.1 Å². The van der Waals surface area contributed by atoms with E-state index in [1.807, 2.05) is 5.38 Å². The number of hydrogen-bond donors (Lipinski definition) is 2. The zero-order valence-corrected chi connectivity index (χ0v) is 14.3. The van der Waals surface area contributed by atoms with Crippen LogP contribution in [-0.2, 0) is 12.1 Å². The third-order valence-corrected chi connectivity index (χ3v) is 5.82. The summed E-state index contributed by atoms with van der Waals surface area (Å²) in [7, 11) is 0. The van der Waals surface area contributed by atoms with E-state index in [2.05, 4.69) is 23.6 Å². The Balaban J connectivity index is 1.61. The molecule has 22 heavy (non-hydrogen) atoms. The maximum Gasteiger partial charge on any atom is 0.110 e. The van der Waals surface area contributed by atoms with Crippen LogP contribution in [-0.4, -0.2) is 63.3 Å². The zero-order valence-electron chi connectivity index (χ0n) is 13.5. The number of aliphatic hydroxyl groups excluding tert-OH is 1. The molecule has 2 saturated heterocycles. The molecule has 2 aliphatic heterocycles. The van der Waals surface area contributed by atoms with Gasteiger partial charge in [-0.1, -0.05) is 0 Å². The second-order valence-corrected chi connectivity index (χ2v) is 7.91. The number of piperidine rings is 1. The first-order valence-corrected chi connectivity index (χ1v) is 9.16. The molecule has 0 spiro atoms. The van der Waals surface area contributed by atoms with Crippen molar-refractivity contribution < 1.29 is 10.2 Å². The van der Waals surface area contributed by atoms with E-state index in [0.29, 0.717) is 6.04 Å². The van der Waals surface area contributed by atoms with Gasteiger partial charge >= 0.3 is 0 Å². The first-order chi connectivity index (χ1) is 10.5. The van der Waals surface area contributed by atoms with Gasteiger partial charge in [0.05, 0.1) is 18.3 Å². The van der Waals surface area contributed by atoms with Crippen molar-refractivity contribution in [3.8, 4) is 0 Å². The number of likely N-dealkylation sites (tertiary alicyclic amines) is 2. The summed E-state index contributed by atoms with van der Waals surface area (Å²) in [4.78, 5) is 9.34. The predicted octanol–water partition coefficient (Wildman–Crippen LogP) is 1.40. The van der Waals surface area contributed by atoms with E-state index in [1.165, 1.54) is 0 Å². The Morgan fingerprint density at radius 1 is 1.36 bits per heavy atom. The SMILES string of the molecule is CC(C)N1CCC(O)(c2csc(CN3CC[C@@H](O)C3)n2)CC1. The van der Waals surface area contributed by atoms with Crippen molar-refractivity contribution in [2.24, 2.45) is 0 Å². The van der Waals surface area contributed by atoms with Gasteiger partial charge in [0, 0.05) is 37.6 Å². The minimum Gasteiger partial charge on any atom is -0.392 e. The third kappa shape index (κ3) is 3.51. The van der Waals surface area contributed by atoms with E-state index in [1.54, 1.807) is 11.3 Å². The molecule has 2 N–H and O–H groups in total. The lowest BCUT2D eigenvalue weighted by atomic mass is 9.88. The van der Waals surface area contributed by atoms with Crippen LogP contribution in [0.15, 0.2) is 5.38 Å². The Hall–Kier alpha value is -0.530. The summed E-state index contributed by atoms with van der Waals surface area (Å²) in [6.07, 6.45) is 2.19. The second-order valence-electron chi connectivity index (χ2n) is 6.97. The summed E-state index contributed by atoms with van der Waals surface area (Å²) < 4.78 is 0. The number of rotatable bonds is 4. The van der Waals surface area contributed by atoms with Gasteiger partial charge in [0.25, 0.3) is 0 Å². The van der Waals surface area contributed by atoms with Crippen LogP contribution in [0.2, 0.25) is 0 Å². The third-order valence-electron chi connectivity index (χ3n) is 4.99. The standard InChI is InChI=1S/C16H27N3O2S/c1-12(2)19-7-4-16(21,5-8-19)14-11-22-15(17-14)10-18-6-3-13(20)9-18/h11-13,20-21H,3-10H2,1-2H3/t13-/m1/s1. The molecule has 0 saturated carbocycles. The van der Waals surface area contributed by atoms with Crippen molar-refractivity contribution in [3.63, 3.8) is 0 Å². The van der Waals surface area contributed by atoms with Crippen LogP contribution in [0.1, 0.15) is 43.8 Å². The van der Waals surface area contributed by atoms with Crippen molar-refractivity contribution in [2.45, 2.75) is 57.4 Å². The van der Waals surface area contributed by atoms with Gasteiger partial charge < -0.3 is 15.1 Å². The van der Waals surface area contributed by atoms with Gasteiger partial charge in [-0.3, -0.25) is 4.90 Å². The van der Waals surface area contributed by atoms with Gasteiger partial charge in [-0.25, -0.2) is 4.98 Å². The molecule has 0 aliphatic carbocycles. The molecule has 3 heterocycles. The monoisotopic (exact) mass is 325 g/mol. The topological polar surface area (TPSA) is 59.8 Å². The van der Waals surface area contributed by atoms with Crippen molar-refractivity contribution >= 4 is 11.3 Å². The Bertz CT molecular complexity index is 497. The van der Waals surface area contributed by atoms with E-state index in [0.717, 1.165) is 62.7 Å². The molecule has 0 unspecified atom stereocenters. The van der Waals surface area contributed by atoms with E-state index in [-0.39, 0.29) is 6.10 Å².